The number of nitrogens with one attached hydrogen (secondary N) is 2. The van der Waals surface area contributed by atoms with E-state index in [0.29, 0.717) is 17.0 Å². The fraction of sp³-hybridized carbons (Fsp3) is 0.167. The molecule has 3 aromatic carbocycles. The van der Waals surface area contributed by atoms with Crippen molar-refractivity contribution in [3.05, 3.63) is 84.4 Å². The first kappa shape index (κ1) is 21.5. The lowest BCUT2D eigenvalue weighted by atomic mass is 10.2. The minimum absolute atomic E-state index is 0.00738. The summed E-state index contributed by atoms with van der Waals surface area (Å²) in [6.07, 6.45) is 0. The maximum Gasteiger partial charge on any atom is 0.255 e. The van der Waals surface area contributed by atoms with Crippen molar-refractivity contribution in [3.8, 4) is 11.5 Å². The fourth-order valence-corrected chi connectivity index (χ4v) is 7.35. The van der Waals surface area contributed by atoms with E-state index in [9.17, 15) is 13.2 Å². The van der Waals surface area contributed by atoms with Crippen LogP contribution in [-0.2, 0) is 9.84 Å². The highest BCUT2D eigenvalue weighted by Crippen LogP contribution is 2.34. The zero-order chi connectivity index (χ0) is 22.8. The number of carbonyl (C=O) groups excluding carboxylic acids is 1. The van der Waals surface area contributed by atoms with E-state index in [2.05, 4.69) is 15.6 Å². The zero-order valence-electron chi connectivity index (χ0n) is 17.5. The van der Waals surface area contributed by atoms with E-state index in [-0.39, 0.29) is 28.7 Å². The largest absolute Gasteiger partial charge is 0.457 e. The van der Waals surface area contributed by atoms with Crippen LogP contribution in [0.4, 0.5) is 11.4 Å². The number of carbonyl (C=O) groups is 1. The highest BCUT2D eigenvalue weighted by Gasteiger charge is 2.42. The second-order valence-corrected chi connectivity index (χ2v) is 11.2. The molecule has 33 heavy (non-hydrogen) atoms. The van der Waals surface area contributed by atoms with Gasteiger partial charge in [0.25, 0.3) is 5.91 Å². The number of aliphatic imine (C=N–C) groups is 1. The van der Waals surface area contributed by atoms with Gasteiger partial charge in [-0.05, 0) is 60.7 Å². The third-order valence-corrected chi connectivity index (χ3v) is 8.45. The van der Waals surface area contributed by atoms with E-state index in [1.165, 1.54) is 11.8 Å². The molecule has 2 atom stereocenters. The summed E-state index contributed by atoms with van der Waals surface area (Å²) in [4.78, 5) is 17.1. The lowest BCUT2D eigenvalue weighted by molar-refractivity contribution is 0.102. The van der Waals surface area contributed by atoms with Crippen LogP contribution >= 0.6 is 11.8 Å². The highest BCUT2D eigenvalue weighted by atomic mass is 32.2. The quantitative estimate of drug-likeness (QED) is 0.563. The maximum atomic E-state index is 12.6. The standard InChI is InChI=1S/C24H21N3O4S2/c28-23(25-17-10-12-20(13-11-17)31-19-4-2-1-3-5-19)16-6-8-18(9-7-16)26-24-27-21-14-33(29,30)15-22(21)32-24/h1-13,21-22H,14-15H2,(H,25,28)(H,26,27)/t21-,22+/m0/s1. The molecule has 1 amide bonds. The molecule has 2 aliphatic heterocycles. The predicted octanol–water partition coefficient (Wildman–Crippen LogP) is 4.41. The molecule has 7 nitrogen and oxygen atoms in total. The number of nitrogens with zero attached hydrogens (tertiary/aromatic N) is 1. The van der Waals surface area contributed by atoms with Crippen LogP contribution < -0.4 is 15.4 Å². The van der Waals surface area contributed by atoms with Gasteiger partial charge in [-0.25, -0.2) is 8.42 Å². The van der Waals surface area contributed by atoms with Crippen molar-refractivity contribution in [2.45, 2.75) is 11.3 Å². The zero-order valence-corrected chi connectivity index (χ0v) is 19.1. The summed E-state index contributed by atoms with van der Waals surface area (Å²) in [6, 6.07) is 23.6. The molecule has 0 bridgehead atoms. The van der Waals surface area contributed by atoms with Gasteiger partial charge < -0.3 is 15.4 Å². The molecule has 2 heterocycles. The SMILES string of the molecule is O=C(Nc1ccc(Oc2ccccc2)cc1)c1ccc(NC2=N[C@H]3CS(=O)(=O)C[C@H]3S2)cc1. The van der Waals surface area contributed by atoms with E-state index in [4.69, 9.17) is 4.74 Å². The van der Waals surface area contributed by atoms with Gasteiger partial charge in [0.1, 0.15) is 11.5 Å². The minimum atomic E-state index is -2.97. The number of amides is 1. The van der Waals surface area contributed by atoms with Crippen LogP contribution in [0.5, 0.6) is 11.5 Å². The Balaban J connectivity index is 1.16. The molecule has 5 rings (SSSR count). The van der Waals surface area contributed by atoms with E-state index >= 15 is 0 Å². The van der Waals surface area contributed by atoms with Crippen LogP contribution in [0.15, 0.2) is 83.9 Å². The summed E-state index contributed by atoms with van der Waals surface area (Å²) in [5.41, 5.74) is 1.98. The second-order valence-electron chi connectivity index (χ2n) is 7.83. The van der Waals surface area contributed by atoms with Crippen molar-refractivity contribution in [1.82, 2.24) is 0 Å². The van der Waals surface area contributed by atoms with Crippen molar-refractivity contribution in [3.63, 3.8) is 0 Å². The summed E-state index contributed by atoms with van der Waals surface area (Å²) in [5.74, 6) is 1.51. The van der Waals surface area contributed by atoms with Gasteiger partial charge in [-0.15, -0.1) is 0 Å². The minimum Gasteiger partial charge on any atom is -0.457 e. The van der Waals surface area contributed by atoms with Gasteiger partial charge >= 0.3 is 0 Å². The lowest BCUT2D eigenvalue weighted by Gasteiger charge is -2.09. The smallest absolute Gasteiger partial charge is 0.255 e. The van der Waals surface area contributed by atoms with Gasteiger partial charge in [0.15, 0.2) is 15.0 Å². The molecule has 0 aliphatic carbocycles. The Bertz CT molecular complexity index is 1290. The number of hydrogen-bond acceptors (Lipinski definition) is 7. The average molecular weight is 480 g/mol. The number of para-hydroxylation sites is 1. The molecule has 168 valence electrons. The third-order valence-electron chi connectivity index (χ3n) is 5.31. The molecule has 0 spiro atoms. The van der Waals surface area contributed by atoms with E-state index in [0.717, 1.165) is 16.6 Å². The third kappa shape index (κ3) is 5.20. The first-order valence-corrected chi connectivity index (χ1v) is 13.1. The number of rotatable bonds is 5. The summed E-state index contributed by atoms with van der Waals surface area (Å²) in [5, 5.41) is 6.80. The maximum absolute atomic E-state index is 12.6. The number of benzene rings is 3. The molecule has 9 heteroatoms. The number of sulfone groups is 1. The molecule has 0 radical (unpaired) electrons. The molecular formula is C24H21N3O4S2. The van der Waals surface area contributed by atoms with Crippen LogP contribution in [0.3, 0.4) is 0 Å². The molecule has 2 N–H and O–H groups in total. The Labute approximate surface area is 196 Å². The molecule has 0 saturated carbocycles. The second kappa shape index (κ2) is 8.92. The summed E-state index contributed by atoms with van der Waals surface area (Å²) >= 11 is 1.46. The van der Waals surface area contributed by atoms with Crippen LogP contribution in [0.1, 0.15) is 10.4 Å². The predicted molar refractivity (Wildman–Crippen MR) is 132 cm³/mol. The monoisotopic (exact) mass is 479 g/mol. The van der Waals surface area contributed by atoms with Crippen LogP contribution in [-0.4, -0.2) is 42.3 Å². The summed E-state index contributed by atoms with van der Waals surface area (Å²) < 4.78 is 29.1. The van der Waals surface area contributed by atoms with Gasteiger partial charge in [0, 0.05) is 22.2 Å². The number of anilines is 2. The first-order chi connectivity index (χ1) is 15.9. The molecular weight excluding hydrogens is 458 g/mol. The Morgan fingerprint density at radius 2 is 1.55 bits per heavy atom. The van der Waals surface area contributed by atoms with Crippen LogP contribution in [0.25, 0.3) is 0 Å². The van der Waals surface area contributed by atoms with Gasteiger partial charge in [-0.3, -0.25) is 9.79 Å². The van der Waals surface area contributed by atoms with Crippen molar-refractivity contribution in [2.24, 2.45) is 4.99 Å². The summed E-state index contributed by atoms with van der Waals surface area (Å²) in [7, 11) is -2.97. The summed E-state index contributed by atoms with van der Waals surface area (Å²) in [6.45, 7) is 0. The van der Waals surface area contributed by atoms with Crippen molar-refractivity contribution in [2.75, 3.05) is 22.1 Å². The molecule has 0 aromatic heterocycles. The number of thioether (sulfide) groups is 1. The van der Waals surface area contributed by atoms with E-state index in [1.54, 1.807) is 48.5 Å². The van der Waals surface area contributed by atoms with Crippen molar-refractivity contribution >= 4 is 44.0 Å². The lowest BCUT2D eigenvalue weighted by Crippen LogP contribution is -2.13. The molecule has 0 unspecified atom stereocenters. The highest BCUT2D eigenvalue weighted by molar-refractivity contribution is 8.15. The van der Waals surface area contributed by atoms with E-state index < -0.39 is 9.84 Å². The fourth-order valence-electron chi connectivity index (χ4n) is 3.68. The Morgan fingerprint density at radius 3 is 2.24 bits per heavy atom. The number of amidine groups is 1. The van der Waals surface area contributed by atoms with E-state index in [1.807, 2.05) is 30.3 Å². The first-order valence-electron chi connectivity index (χ1n) is 10.4. The van der Waals surface area contributed by atoms with Gasteiger partial charge in [0.2, 0.25) is 0 Å². The van der Waals surface area contributed by atoms with Crippen molar-refractivity contribution in [1.29, 1.82) is 0 Å². The Kier molecular flexibility index (Phi) is 5.82. The molecule has 1 fully saturated rings. The van der Waals surface area contributed by atoms with Gasteiger partial charge in [-0.1, -0.05) is 30.0 Å². The topological polar surface area (TPSA) is 96.9 Å². The van der Waals surface area contributed by atoms with Crippen LogP contribution in [0.2, 0.25) is 0 Å². The number of hydrogen-bond donors (Lipinski definition) is 2. The van der Waals surface area contributed by atoms with Gasteiger partial charge in [0.05, 0.1) is 17.5 Å². The molecule has 3 aromatic rings. The molecule has 2 aliphatic rings. The normalized spacial score (nSPS) is 20.5. The Morgan fingerprint density at radius 1 is 0.879 bits per heavy atom. The average Bonchev–Trinajstić information content (AvgIpc) is 3.28. The number of fused-ring (bicyclic) bond motifs is 1. The Hall–Kier alpha value is -3.30. The van der Waals surface area contributed by atoms with Crippen LogP contribution in [0, 0.1) is 0 Å². The van der Waals surface area contributed by atoms with Gasteiger partial charge in [-0.2, -0.15) is 0 Å². The van der Waals surface area contributed by atoms with Crippen molar-refractivity contribution < 1.29 is 17.9 Å². The molecule has 1 saturated heterocycles. The number of ether oxygens (including phenoxy) is 1.